The van der Waals surface area contributed by atoms with Crippen molar-refractivity contribution in [2.45, 2.75) is 26.9 Å². The van der Waals surface area contributed by atoms with Gasteiger partial charge in [-0.15, -0.1) is 0 Å². The third-order valence-electron chi connectivity index (χ3n) is 4.65. The van der Waals surface area contributed by atoms with Gasteiger partial charge in [-0.05, 0) is 42.7 Å². The van der Waals surface area contributed by atoms with Crippen molar-refractivity contribution in [1.82, 2.24) is 9.80 Å². The number of rotatable bonds is 4. The minimum atomic E-state index is 0.830. The van der Waals surface area contributed by atoms with Gasteiger partial charge in [0.1, 0.15) is 0 Å². The average Bonchev–Trinajstić information content (AvgIpc) is 2.52. The molecule has 1 heterocycles. The minimum Gasteiger partial charge on any atom is -0.297 e. The van der Waals surface area contributed by atoms with E-state index in [0.29, 0.717) is 0 Å². The van der Waals surface area contributed by atoms with Crippen molar-refractivity contribution in [2.24, 2.45) is 0 Å². The molecule has 3 rings (SSSR count). The Morgan fingerprint density at radius 3 is 2.22 bits per heavy atom. The van der Waals surface area contributed by atoms with E-state index in [1.54, 1.807) is 0 Å². The lowest BCUT2D eigenvalue weighted by Crippen LogP contribution is -2.45. The summed E-state index contributed by atoms with van der Waals surface area (Å²) in [5, 5.41) is 0.830. The first-order valence-corrected chi connectivity index (χ1v) is 8.73. The summed E-state index contributed by atoms with van der Waals surface area (Å²) < 4.78 is 0. The van der Waals surface area contributed by atoms with Gasteiger partial charge < -0.3 is 0 Å². The van der Waals surface area contributed by atoms with Crippen LogP contribution in [0.4, 0.5) is 0 Å². The first kappa shape index (κ1) is 16.5. The molecule has 0 spiro atoms. The van der Waals surface area contributed by atoms with E-state index in [4.69, 9.17) is 11.6 Å². The highest BCUT2D eigenvalue weighted by Crippen LogP contribution is 2.17. The monoisotopic (exact) mass is 328 g/mol. The average molecular weight is 329 g/mol. The van der Waals surface area contributed by atoms with Crippen molar-refractivity contribution < 1.29 is 0 Å². The van der Waals surface area contributed by atoms with E-state index in [9.17, 15) is 0 Å². The lowest BCUT2D eigenvalue weighted by molar-refractivity contribution is 0.122. The number of nitrogens with zero attached hydrogens (tertiary/aromatic N) is 2. The fourth-order valence-corrected chi connectivity index (χ4v) is 3.48. The van der Waals surface area contributed by atoms with Gasteiger partial charge in [0.15, 0.2) is 0 Å². The first-order chi connectivity index (χ1) is 11.1. The maximum absolute atomic E-state index is 6.08. The SMILES string of the molecule is Cc1ccc(CN2CCN(Cc3cccc(Cl)c3)CC2)c(C)c1. The molecule has 2 nitrogen and oxygen atoms in total. The van der Waals surface area contributed by atoms with Gasteiger partial charge in [-0.3, -0.25) is 9.80 Å². The van der Waals surface area contributed by atoms with Gasteiger partial charge in [0.2, 0.25) is 0 Å². The Bertz CT molecular complexity index is 660. The van der Waals surface area contributed by atoms with E-state index < -0.39 is 0 Å². The maximum Gasteiger partial charge on any atom is 0.0409 e. The van der Waals surface area contributed by atoms with Crippen molar-refractivity contribution >= 4 is 11.6 Å². The Kier molecular flexibility index (Phi) is 5.37. The van der Waals surface area contributed by atoms with Crippen molar-refractivity contribution in [2.75, 3.05) is 26.2 Å². The lowest BCUT2D eigenvalue weighted by Gasteiger charge is -2.35. The Morgan fingerprint density at radius 2 is 1.57 bits per heavy atom. The van der Waals surface area contributed by atoms with E-state index >= 15 is 0 Å². The molecule has 0 unspecified atom stereocenters. The molecule has 0 bridgehead atoms. The van der Waals surface area contributed by atoms with Crippen LogP contribution in [0.5, 0.6) is 0 Å². The smallest absolute Gasteiger partial charge is 0.0409 e. The van der Waals surface area contributed by atoms with Crippen LogP contribution >= 0.6 is 11.6 Å². The second-order valence-corrected chi connectivity index (χ2v) is 7.05. The highest BCUT2D eigenvalue weighted by molar-refractivity contribution is 6.30. The molecule has 0 aromatic heterocycles. The van der Waals surface area contributed by atoms with Crippen LogP contribution in [0.25, 0.3) is 0 Å². The van der Waals surface area contributed by atoms with Crippen LogP contribution in [0.3, 0.4) is 0 Å². The molecule has 0 aliphatic carbocycles. The summed E-state index contributed by atoms with van der Waals surface area (Å²) in [4.78, 5) is 5.08. The zero-order chi connectivity index (χ0) is 16.2. The molecule has 122 valence electrons. The van der Waals surface area contributed by atoms with Gasteiger partial charge in [-0.1, -0.05) is 47.5 Å². The Hall–Kier alpha value is -1.35. The summed E-state index contributed by atoms with van der Waals surface area (Å²) in [6.45, 7) is 11.0. The molecule has 0 saturated carbocycles. The molecule has 2 aromatic carbocycles. The summed E-state index contributed by atoms with van der Waals surface area (Å²) in [5.41, 5.74) is 5.52. The molecular formula is C20H25ClN2. The third kappa shape index (κ3) is 4.57. The van der Waals surface area contributed by atoms with Crippen LogP contribution in [0.2, 0.25) is 5.02 Å². The topological polar surface area (TPSA) is 6.48 Å². The second-order valence-electron chi connectivity index (χ2n) is 6.61. The van der Waals surface area contributed by atoms with E-state index in [-0.39, 0.29) is 0 Å². The zero-order valence-electron chi connectivity index (χ0n) is 14.1. The second kappa shape index (κ2) is 7.48. The van der Waals surface area contributed by atoms with Crippen LogP contribution in [0.1, 0.15) is 22.3 Å². The Labute approximate surface area is 144 Å². The third-order valence-corrected chi connectivity index (χ3v) is 4.89. The maximum atomic E-state index is 6.08. The fourth-order valence-electron chi connectivity index (χ4n) is 3.26. The number of hydrogen-bond donors (Lipinski definition) is 0. The molecule has 1 saturated heterocycles. The van der Waals surface area contributed by atoms with Crippen molar-refractivity contribution in [3.63, 3.8) is 0 Å². The molecule has 0 N–H and O–H groups in total. The quantitative estimate of drug-likeness (QED) is 0.826. The van der Waals surface area contributed by atoms with Gasteiger partial charge in [0.05, 0.1) is 0 Å². The molecule has 2 aromatic rings. The number of benzene rings is 2. The van der Waals surface area contributed by atoms with Crippen LogP contribution in [-0.2, 0) is 13.1 Å². The zero-order valence-corrected chi connectivity index (χ0v) is 14.8. The van der Waals surface area contributed by atoms with Crippen LogP contribution < -0.4 is 0 Å². The Balaban J connectivity index is 1.52. The van der Waals surface area contributed by atoms with Gasteiger partial charge in [-0.25, -0.2) is 0 Å². The molecule has 1 aliphatic rings. The van der Waals surface area contributed by atoms with E-state index in [1.807, 2.05) is 12.1 Å². The predicted molar refractivity (Wildman–Crippen MR) is 97.9 cm³/mol. The lowest BCUT2D eigenvalue weighted by atomic mass is 10.1. The Morgan fingerprint density at radius 1 is 0.870 bits per heavy atom. The van der Waals surface area contributed by atoms with Crippen molar-refractivity contribution in [3.05, 3.63) is 69.7 Å². The largest absolute Gasteiger partial charge is 0.297 e. The van der Waals surface area contributed by atoms with E-state index in [0.717, 1.165) is 44.3 Å². The minimum absolute atomic E-state index is 0.830. The summed E-state index contributed by atoms with van der Waals surface area (Å²) in [7, 11) is 0. The van der Waals surface area contributed by atoms with Crippen molar-refractivity contribution in [3.8, 4) is 0 Å². The van der Waals surface area contributed by atoms with Gasteiger partial charge >= 0.3 is 0 Å². The molecule has 23 heavy (non-hydrogen) atoms. The molecule has 0 atom stereocenters. The highest BCUT2D eigenvalue weighted by Gasteiger charge is 2.17. The normalized spacial score (nSPS) is 16.7. The van der Waals surface area contributed by atoms with Crippen LogP contribution in [-0.4, -0.2) is 36.0 Å². The molecule has 1 fully saturated rings. The molecule has 0 radical (unpaired) electrons. The summed E-state index contributed by atoms with van der Waals surface area (Å²) in [6, 6.07) is 15.0. The standard InChI is InChI=1S/C20H25ClN2/c1-16-6-7-19(17(2)12-16)15-23-10-8-22(9-11-23)14-18-4-3-5-20(21)13-18/h3-7,12-13H,8-11,14-15H2,1-2H3. The number of aryl methyl sites for hydroxylation is 2. The van der Waals surface area contributed by atoms with E-state index in [2.05, 4.69) is 54.0 Å². The van der Waals surface area contributed by atoms with Crippen LogP contribution in [0.15, 0.2) is 42.5 Å². The summed E-state index contributed by atoms with van der Waals surface area (Å²) >= 11 is 6.08. The first-order valence-electron chi connectivity index (χ1n) is 8.35. The summed E-state index contributed by atoms with van der Waals surface area (Å²) in [5.74, 6) is 0. The molecule has 1 aliphatic heterocycles. The van der Waals surface area contributed by atoms with Gasteiger partial charge in [0, 0.05) is 44.3 Å². The molecule has 0 amide bonds. The number of hydrogen-bond acceptors (Lipinski definition) is 2. The van der Waals surface area contributed by atoms with Gasteiger partial charge in [-0.2, -0.15) is 0 Å². The fraction of sp³-hybridized carbons (Fsp3) is 0.400. The number of piperazine rings is 1. The predicted octanol–water partition coefficient (Wildman–Crippen LogP) is 4.27. The van der Waals surface area contributed by atoms with E-state index in [1.165, 1.54) is 22.3 Å². The van der Waals surface area contributed by atoms with Gasteiger partial charge in [0.25, 0.3) is 0 Å². The van der Waals surface area contributed by atoms with Crippen LogP contribution in [0, 0.1) is 13.8 Å². The van der Waals surface area contributed by atoms with Crippen molar-refractivity contribution in [1.29, 1.82) is 0 Å². The molecule has 3 heteroatoms. The highest BCUT2D eigenvalue weighted by atomic mass is 35.5. The molecular weight excluding hydrogens is 304 g/mol. The summed E-state index contributed by atoms with van der Waals surface area (Å²) in [6.07, 6.45) is 0. The number of halogens is 1.